The predicted octanol–water partition coefficient (Wildman–Crippen LogP) is 1.66. The van der Waals surface area contributed by atoms with Gasteiger partial charge in [-0.3, -0.25) is 14.9 Å². The summed E-state index contributed by atoms with van der Waals surface area (Å²) in [6, 6.07) is 3.09. The third-order valence-electron chi connectivity index (χ3n) is 3.36. The van der Waals surface area contributed by atoms with Gasteiger partial charge in [0.15, 0.2) is 0 Å². The molecule has 1 aliphatic rings. The molecule has 1 aliphatic heterocycles. The maximum atomic E-state index is 12.3. The van der Waals surface area contributed by atoms with Gasteiger partial charge < -0.3 is 10.0 Å². The fraction of sp³-hybridized carbons (Fsp3) is 0.385. The molecule has 0 saturated carbocycles. The van der Waals surface area contributed by atoms with Gasteiger partial charge in [-0.2, -0.15) is 0 Å². The number of carbonyl (C=O) groups excluding carboxylic acids is 1. The van der Waals surface area contributed by atoms with Crippen LogP contribution in [-0.4, -0.2) is 32.8 Å². The van der Waals surface area contributed by atoms with Gasteiger partial charge in [0, 0.05) is 18.7 Å². The van der Waals surface area contributed by atoms with Crippen molar-refractivity contribution in [1.82, 2.24) is 4.90 Å². The number of nitro groups is 1. The lowest BCUT2D eigenvalue weighted by Gasteiger charge is -2.27. The summed E-state index contributed by atoms with van der Waals surface area (Å²) in [6.07, 6.45) is 0. The number of nitrogens with zero attached hydrogens (tertiary/aromatic N) is 2. The van der Waals surface area contributed by atoms with Crippen LogP contribution in [0, 0.1) is 16.0 Å². The summed E-state index contributed by atoms with van der Waals surface area (Å²) in [5.41, 5.74) is 0.661. The summed E-state index contributed by atoms with van der Waals surface area (Å²) in [5.74, 6) is -1.79. The van der Waals surface area contributed by atoms with Crippen molar-refractivity contribution in [1.29, 1.82) is 0 Å². The molecule has 0 unspecified atom stereocenters. The Morgan fingerprint density at radius 2 is 2.10 bits per heavy atom. The maximum absolute atomic E-state index is 12.3. The fourth-order valence-corrected chi connectivity index (χ4v) is 2.43. The third-order valence-corrected chi connectivity index (χ3v) is 3.36. The van der Waals surface area contributed by atoms with Gasteiger partial charge in [0.05, 0.1) is 10.5 Å². The minimum absolute atomic E-state index is 0.168. The van der Waals surface area contributed by atoms with Crippen molar-refractivity contribution in [2.45, 2.75) is 26.4 Å². The zero-order chi connectivity index (χ0) is 15.0. The van der Waals surface area contributed by atoms with Crippen LogP contribution in [-0.2, 0) is 11.3 Å². The van der Waals surface area contributed by atoms with E-state index in [1.54, 1.807) is 13.8 Å². The molecule has 0 aliphatic carbocycles. The van der Waals surface area contributed by atoms with Crippen LogP contribution in [0.3, 0.4) is 0 Å². The normalized spacial score (nSPS) is 15.3. The number of hydrogen-bond acceptors (Lipinski definition) is 4. The number of amides is 1. The van der Waals surface area contributed by atoms with Crippen molar-refractivity contribution >= 4 is 17.6 Å². The molecule has 2 rings (SSSR count). The molecule has 7 heteroatoms. The molecule has 0 radical (unpaired) electrons. The van der Waals surface area contributed by atoms with Crippen LogP contribution in [0.4, 0.5) is 5.69 Å². The van der Waals surface area contributed by atoms with Crippen LogP contribution in [0.2, 0.25) is 0 Å². The van der Waals surface area contributed by atoms with Crippen LogP contribution in [0.15, 0.2) is 18.2 Å². The quantitative estimate of drug-likeness (QED) is 0.666. The summed E-state index contributed by atoms with van der Waals surface area (Å²) >= 11 is 0. The van der Waals surface area contributed by atoms with E-state index in [0.717, 1.165) is 0 Å². The number of carboxylic acid groups (broad SMARTS) is 1. The molecule has 0 aromatic heterocycles. The lowest BCUT2D eigenvalue weighted by molar-refractivity contribution is -0.384. The minimum atomic E-state index is -1.07. The fourth-order valence-electron chi connectivity index (χ4n) is 2.43. The first-order valence-electron chi connectivity index (χ1n) is 6.14. The molecular weight excluding hydrogens is 264 g/mol. The van der Waals surface area contributed by atoms with Crippen molar-refractivity contribution in [3.63, 3.8) is 0 Å². The van der Waals surface area contributed by atoms with E-state index in [2.05, 4.69) is 0 Å². The molecule has 106 valence electrons. The summed E-state index contributed by atoms with van der Waals surface area (Å²) in [5, 5.41) is 20.0. The zero-order valence-electron chi connectivity index (χ0n) is 11.1. The topological polar surface area (TPSA) is 101 Å². The number of nitro benzene ring substituents is 1. The standard InChI is InChI=1S/C13H14N2O5/c1-7(2)11(13(17)18)14-6-8-3-4-9(15(19)20)5-10(8)12(14)16/h3-5,7,11H,6H2,1-2H3,(H,17,18)/t11-/m1/s1. The Morgan fingerprint density at radius 3 is 2.60 bits per heavy atom. The number of benzene rings is 1. The van der Waals surface area contributed by atoms with Gasteiger partial charge in [0.1, 0.15) is 6.04 Å². The molecule has 0 fully saturated rings. The number of carboxylic acids is 1. The number of aliphatic carboxylic acids is 1. The third kappa shape index (κ3) is 2.22. The number of carbonyl (C=O) groups is 2. The Labute approximate surface area is 115 Å². The van der Waals surface area contributed by atoms with E-state index in [0.29, 0.717) is 5.56 Å². The second-order valence-electron chi connectivity index (χ2n) is 5.06. The maximum Gasteiger partial charge on any atom is 0.326 e. The van der Waals surface area contributed by atoms with Gasteiger partial charge in [0.2, 0.25) is 0 Å². The molecule has 0 bridgehead atoms. The first-order valence-corrected chi connectivity index (χ1v) is 6.14. The van der Waals surface area contributed by atoms with Gasteiger partial charge in [-0.05, 0) is 17.5 Å². The summed E-state index contributed by atoms with van der Waals surface area (Å²) in [7, 11) is 0. The molecule has 0 saturated heterocycles. The van der Waals surface area contributed by atoms with Crippen LogP contribution >= 0.6 is 0 Å². The predicted molar refractivity (Wildman–Crippen MR) is 69.2 cm³/mol. The van der Waals surface area contributed by atoms with Crippen molar-refractivity contribution in [3.05, 3.63) is 39.4 Å². The van der Waals surface area contributed by atoms with Crippen LogP contribution < -0.4 is 0 Å². The van der Waals surface area contributed by atoms with E-state index >= 15 is 0 Å². The second-order valence-corrected chi connectivity index (χ2v) is 5.06. The minimum Gasteiger partial charge on any atom is -0.480 e. The highest BCUT2D eigenvalue weighted by atomic mass is 16.6. The van der Waals surface area contributed by atoms with Crippen LogP contribution in [0.25, 0.3) is 0 Å². The Balaban J connectivity index is 2.38. The number of rotatable bonds is 4. The lowest BCUT2D eigenvalue weighted by atomic mass is 10.0. The van der Waals surface area contributed by atoms with Gasteiger partial charge >= 0.3 is 5.97 Å². The van der Waals surface area contributed by atoms with Crippen molar-refractivity contribution in [2.75, 3.05) is 0 Å². The lowest BCUT2D eigenvalue weighted by Crippen LogP contribution is -2.44. The first-order chi connectivity index (χ1) is 9.32. The molecule has 1 aromatic carbocycles. The molecule has 1 amide bonds. The smallest absolute Gasteiger partial charge is 0.326 e. The van der Waals surface area contributed by atoms with Crippen LogP contribution in [0.5, 0.6) is 0 Å². The second kappa shape index (κ2) is 4.92. The monoisotopic (exact) mass is 278 g/mol. The number of non-ortho nitro benzene ring substituents is 1. The largest absolute Gasteiger partial charge is 0.480 e. The summed E-state index contributed by atoms with van der Waals surface area (Å²) < 4.78 is 0. The van der Waals surface area contributed by atoms with Gasteiger partial charge in [0.25, 0.3) is 11.6 Å². The molecule has 7 nitrogen and oxygen atoms in total. The van der Waals surface area contributed by atoms with Crippen molar-refractivity contribution in [2.24, 2.45) is 5.92 Å². The Kier molecular flexibility index (Phi) is 3.44. The Hall–Kier alpha value is -2.44. The van der Waals surface area contributed by atoms with Gasteiger partial charge in [-0.25, -0.2) is 4.79 Å². The molecule has 1 atom stereocenters. The number of hydrogen-bond donors (Lipinski definition) is 1. The van der Waals surface area contributed by atoms with E-state index in [-0.39, 0.29) is 23.7 Å². The molecule has 0 spiro atoms. The highest BCUT2D eigenvalue weighted by molar-refractivity contribution is 6.01. The first kappa shape index (κ1) is 14.0. The summed E-state index contributed by atoms with van der Waals surface area (Å²) in [6.45, 7) is 3.61. The van der Waals surface area contributed by atoms with E-state index in [4.69, 9.17) is 0 Å². The van der Waals surface area contributed by atoms with Crippen LogP contribution in [0.1, 0.15) is 29.8 Å². The molecule has 20 heavy (non-hydrogen) atoms. The average Bonchev–Trinajstić information content (AvgIpc) is 2.65. The average molecular weight is 278 g/mol. The van der Waals surface area contributed by atoms with Gasteiger partial charge in [-0.1, -0.05) is 13.8 Å². The highest BCUT2D eigenvalue weighted by Gasteiger charge is 2.38. The molecule has 1 N–H and O–H groups in total. The van der Waals surface area contributed by atoms with E-state index in [1.165, 1.54) is 23.1 Å². The SMILES string of the molecule is CC(C)[C@H](C(=O)O)N1Cc2ccc([N+](=O)[O-])cc2C1=O. The molecule has 1 heterocycles. The Bertz CT molecular complexity index is 596. The highest BCUT2D eigenvalue weighted by Crippen LogP contribution is 2.29. The number of fused-ring (bicyclic) bond motifs is 1. The Morgan fingerprint density at radius 1 is 1.45 bits per heavy atom. The van der Waals surface area contributed by atoms with E-state index < -0.39 is 22.8 Å². The zero-order valence-corrected chi connectivity index (χ0v) is 11.1. The van der Waals surface area contributed by atoms with E-state index in [9.17, 15) is 24.8 Å². The summed E-state index contributed by atoms with van der Waals surface area (Å²) in [4.78, 5) is 35.0. The van der Waals surface area contributed by atoms with Crippen molar-refractivity contribution in [3.8, 4) is 0 Å². The molecular formula is C13H14N2O5. The van der Waals surface area contributed by atoms with Crippen molar-refractivity contribution < 1.29 is 19.6 Å². The molecule has 1 aromatic rings. The van der Waals surface area contributed by atoms with Gasteiger partial charge in [-0.15, -0.1) is 0 Å². The van der Waals surface area contributed by atoms with E-state index in [1.807, 2.05) is 0 Å².